The van der Waals surface area contributed by atoms with E-state index in [9.17, 15) is 0 Å². The van der Waals surface area contributed by atoms with Crippen molar-refractivity contribution in [2.75, 3.05) is 0 Å². The summed E-state index contributed by atoms with van der Waals surface area (Å²) in [5, 5.41) is 2.40. The lowest BCUT2D eigenvalue weighted by Crippen LogP contribution is -1.90. The Bertz CT molecular complexity index is 393. The van der Waals surface area contributed by atoms with Crippen molar-refractivity contribution in [2.24, 2.45) is 0 Å². The van der Waals surface area contributed by atoms with Crippen LogP contribution >= 0.6 is 23.1 Å². The van der Waals surface area contributed by atoms with Crippen LogP contribution in [0.3, 0.4) is 0 Å². The lowest BCUT2D eigenvalue weighted by molar-refractivity contribution is 1.06. The standard InChI is InChI=1S/C8H6ClN3S/c1-5-11-7(2-8(9)12-5)6-3-10-13-4-6/h2-4H,1H3. The molecule has 0 amide bonds. The van der Waals surface area contributed by atoms with Gasteiger partial charge < -0.3 is 0 Å². The van der Waals surface area contributed by atoms with E-state index in [1.807, 2.05) is 12.3 Å². The summed E-state index contributed by atoms with van der Waals surface area (Å²) in [6, 6.07) is 1.73. The lowest BCUT2D eigenvalue weighted by Gasteiger charge is -1.98. The van der Waals surface area contributed by atoms with Gasteiger partial charge in [0.25, 0.3) is 0 Å². The van der Waals surface area contributed by atoms with Crippen LogP contribution in [0.5, 0.6) is 0 Å². The van der Waals surface area contributed by atoms with Crippen LogP contribution in [-0.2, 0) is 0 Å². The van der Waals surface area contributed by atoms with Crippen molar-refractivity contribution >= 4 is 23.1 Å². The third-order valence-corrected chi connectivity index (χ3v) is 2.31. The molecule has 0 aliphatic rings. The Morgan fingerprint density at radius 2 is 2.23 bits per heavy atom. The van der Waals surface area contributed by atoms with Crippen LogP contribution in [0.2, 0.25) is 5.15 Å². The molecule has 0 aromatic carbocycles. The van der Waals surface area contributed by atoms with Gasteiger partial charge in [-0.1, -0.05) is 11.6 Å². The molecule has 0 aliphatic carbocycles. The highest BCUT2D eigenvalue weighted by Crippen LogP contribution is 2.20. The van der Waals surface area contributed by atoms with Gasteiger partial charge in [0.05, 0.1) is 11.9 Å². The topological polar surface area (TPSA) is 38.7 Å². The van der Waals surface area contributed by atoms with Crippen LogP contribution in [-0.4, -0.2) is 14.3 Å². The zero-order valence-electron chi connectivity index (χ0n) is 6.86. The number of halogens is 1. The molecule has 0 aliphatic heterocycles. The molecule has 0 unspecified atom stereocenters. The molecule has 5 heteroatoms. The predicted molar refractivity (Wildman–Crippen MR) is 52.9 cm³/mol. The minimum Gasteiger partial charge on any atom is -0.233 e. The van der Waals surface area contributed by atoms with Gasteiger partial charge in [-0.25, -0.2) is 14.3 Å². The Kier molecular flexibility index (Phi) is 2.24. The minimum absolute atomic E-state index is 0.466. The zero-order valence-corrected chi connectivity index (χ0v) is 8.43. The first-order valence-corrected chi connectivity index (χ1v) is 4.88. The second kappa shape index (κ2) is 3.40. The number of aromatic nitrogens is 3. The molecule has 0 saturated carbocycles. The summed E-state index contributed by atoms with van der Waals surface area (Å²) in [7, 11) is 0. The second-order valence-corrected chi connectivity index (χ2v) is 3.58. The van der Waals surface area contributed by atoms with Gasteiger partial charge in [-0.2, -0.15) is 0 Å². The molecule has 66 valence electrons. The van der Waals surface area contributed by atoms with Gasteiger partial charge in [-0.15, -0.1) is 0 Å². The first-order chi connectivity index (χ1) is 6.25. The van der Waals surface area contributed by atoms with E-state index in [-0.39, 0.29) is 0 Å². The zero-order chi connectivity index (χ0) is 9.26. The largest absolute Gasteiger partial charge is 0.233 e. The maximum Gasteiger partial charge on any atom is 0.133 e. The van der Waals surface area contributed by atoms with Crippen molar-refractivity contribution in [3.8, 4) is 11.3 Å². The molecule has 0 spiro atoms. The number of aryl methyl sites for hydroxylation is 1. The minimum atomic E-state index is 0.466. The van der Waals surface area contributed by atoms with Crippen molar-refractivity contribution in [1.29, 1.82) is 0 Å². The van der Waals surface area contributed by atoms with E-state index in [4.69, 9.17) is 11.6 Å². The molecule has 2 aromatic heterocycles. The molecule has 0 N–H and O–H groups in total. The van der Waals surface area contributed by atoms with Crippen LogP contribution in [0, 0.1) is 6.92 Å². The second-order valence-electron chi connectivity index (χ2n) is 2.54. The smallest absolute Gasteiger partial charge is 0.133 e. The van der Waals surface area contributed by atoms with Crippen LogP contribution in [0.4, 0.5) is 0 Å². The van der Waals surface area contributed by atoms with Crippen LogP contribution in [0.1, 0.15) is 5.82 Å². The molecular formula is C8H6ClN3S. The van der Waals surface area contributed by atoms with Gasteiger partial charge in [0.2, 0.25) is 0 Å². The fourth-order valence-electron chi connectivity index (χ4n) is 1.01. The third-order valence-electron chi connectivity index (χ3n) is 1.53. The Balaban J connectivity index is 2.53. The molecule has 2 rings (SSSR count). The van der Waals surface area contributed by atoms with Crippen LogP contribution in [0.25, 0.3) is 11.3 Å². The molecule has 0 fully saturated rings. The molecule has 0 radical (unpaired) electrons. The van der Waals surface area contributed by atoms with Gasteiger partial charge in [0.15, 0.2) is 0 Å². The monoisotopic (exact) mass is 211 g/mol. The molecule has 0 saturated heterocycles. The average molecular weight is 212 g/mol. The summed E-state index contributed by atoms with van der Waals surface area (Å²) in [5.41, 5.74) is 1.81. The van der Waals surface area contributed by atoms with E-state index in [0.717, 1.165) is 11.3 Å². The van der Waals surface area contributed by atoms with Gasteiger partial charge in [0, 0.05) is 17.0 Å². The van der Waals surface area contributed by atoms with E-state index in [1.165, 1.54) is 11.5 Å². The average Bonchev–Trinajstić information content (AvgIpc) is 2.53. The summed E-state index contributed by atoms with van der Waals surface area (Å²) in [6.07, 6.45) is 1.77. The van der Waals surface area contributed by atoms with Crippen LogP contribution < -0.4 is 0 Å². The number of nitrogens with zero attached hydrogens (tertiary/aromatic N) is 3. The van der Waals surface area contributed by atoms with Gasteiger partial charge >= 0.3 is 0 Å². The fraction of sp³-hybridized carbons (Fsp3) is 0.125. The molecule has 0 bridgehead atoms. The summed E-state index contributed by atoms with van der Waals surface area (Å²) in [4.78, 5) is 8.23. The maximum atomic E-state index is 5.80. The molecule has 2 heterocycles. The number of rotatable bonds is 1. The van der Waals surface area contributed by atoms with Crippen molar-refractivity contribution < 1.29 is 0 Å². The van der Waals surface area contributed by atoms with Crippen molar-refractivity contribution in [3.63, 3.8) is 0 Å². The van der Waals surface area contributed by atoms with Crippen LogP contribution in [0.15, 0.2) is 17.6 Å². The summed E-state index contributed by atoms with van der Waals surface area (Å²) < 4.78 is 4.00. The first kappa shape index (κ1) is 8.59. The summed E-state index contributed by atoms with van der Waals surface area (Å²) in [6.45, 7) is 1.81. The first-order valence-electron chi connectivity index (χ1n) is 3.66. The molecule has 2 aromatic rings. The van der Waals surface area contributed by atoms with E-state index in [0.29, 0.717) is 11.0 Å². The number of hydrogen-bond donors (Lipinski definition) is 0. The SMILES string of the molecule is Cc1nc(Cl)cc(-c2cnsc2)n1. The highest BCUT2D eigenvalue weighted by molar-refractivity contribution is 7.03. The molecule has 0 atom stereocenters. The fourth-order valence-corrected chi connectivity index (χ4v) is 1.77. The maximum absolute atomic E-state index is 5.80. The highest BCUT2D eigenvalue weighted by atomic mass is 35.5. The Hall–Kier alpha value is -1.00. The normalized spacial score (nSPS) is 10.3. The highest BCUT2D eigenvalue weighted by Gasteiger charge is 2.03. The summed E-state index contributed by atoms with van der Waals surface area (Å²) in [5.74, 6) is 0.675. The van der Waals surface area contributed by atoms with E-state index < -0.39 is 0 Å². The third kappa shape index (κ3) is 1.84. The molecule has 13 heavy (non-hydrogen) atoms. The lowest BCUT2D eigenvalue weighted by atomic mass is 10.2. The van der Waals surface area contributed by atoms with Gasteiger partial charge in [0.1, 0.15) is 11.0 Å². The van der Waals surface area contributed by atoms with E-state index >= 15 is 0 Å². The van der Waals surface area contributed by atoms with Gasteiger partial charge in [-0.3, -0.25) is 0 Å². The van der Waals surface area contributed by atoms with Crippen molar-refractivity contribution in [3.05, 3.63) is 28.6 Å². The van der Waals surface area contributed by atoms with Crippen molar-refractivity contribution in [2.45, 2.75) is 6.92 Å². The van der Waals surface area contributed by atoms with E-state index in [2.05, 4.69) is 14.3 Å². The summed E-state index contributed by atoms with van der Waals surface area (Å²) >= 11 is 7.19. The quantitative estimate of drug-likeness (QED) is 0.681. The predicted octanol–water partition coefficient (Wildman–Crippen LogP) is 2.56. The molecular weight excluding hydrogens is 206 g/mol. The Labute approximate surface area is 84.6 Å². The molecule has 3 nitrogen and oxygen atoms in total. The van der Waals surface area contributed by atoms with Crippen molar-refractivity contribution in [1.82, 2.24) is 14.3 Å². The Morgan fingerprint density at radius 3 is 2.85 bits per heavy atom. The Morgan fingerprint density at radius 1 is 1.38 bits per heavy atom. The van der Waals surface area contributed by atoms with Gasteiger partial charge in [-0.05, 0) is 18.5 Å². The van der Waals surface area contributed by atoms with E-state index in [1.54, 1.807) is 12.3 Å². The number of hydrogen-bond acceptors (Lipinski definition) is 4.